The zero-order chi connectivity index (χ0) is 20.9. The van der Waals surface area contributed by atoms with Crippen LogP contribution in [0.4, 0.5) is 5.69 Å². The number of carbonyl (C=O) groups is 2. The van der Waals surface area contributed by atoms with Crippen LogP contribution < -0.4 is 10.6 Å². The maximum atomic E-state index is 12.9. The van der Waals surface area contributed by atoms with E-state index in [1.807, 2.05) is 30.3 Å². The molecule has 0 fully saturated rings. The molecule has 0 aliphatic heterocycles. The highest BCUT2D eigenvalue weighted by Crippen LogP contribution is 2.15. The van der Waals surface area contributed by atoms with Crippen LogP contribution in [0.5, 0.6) is 0 Å². The van der Waals surface area contributed by atoms with Crippen LogP contribution in [-0.2, 0) is 21.1 Å². The second-order valence-corrected chi connectivity index (χ2v) is 9.44. The number of anilines is 1. The third-order valence-corrected chi connectivity index (χ3v) is 6.20. The van der Waals surface area contributed by atoms with Gasteiger partial charge in [0.25, 0.3) is 5.91 Å². The Balaban J connectivity index is 1.76. The molecule has 0 bridgehead atoms. The summed E-state index contributed by atoms with van der Waals surface area (Å²) in [4.78, 5) is 26.0. The van der Waals surface area contributed by atoms with Crippen LogP contribution >= 0.6 is 11.3 Å². The number of hydrogen-bond acceptors (Lipinski definition) is 5. The van der Waals surface area contributed by atoms with E-state index in [4.69, 9.17) is 0 Å². The molecule has 150 valence electrons. The van der Waals surface area contributed by atoms with Crippen molar-refractivity contribution in [2.75, 3.05) is 11.6 Å². The highest BCUT2D eigenvalue weighted by atomic mass is 32.2. The normalized spacial score (nSPS) is 12.2. The fraction of sp³-hybridized carbons (Fsp3) is 0.143. The van der Waals surface area contributed by atoms with Crippen molar-refractivity contribution in [3.63, 3.8) is 0 Å². The summed E-state index contributed by atoms with van der Waals surface area (Å²) in [6, 6.07) is 18.0. The second kappa shape index (κ2) is 9.02. The Hall–Kier alpha value is -2.97. The first-order valence-corrected chi connectivity index (χ1v) is 11.6. The van der Waals surface area contributed by atoms with E-state index in [0.717, 1.165) is 11.8 Å². The summed E-state index contributed by atoms with van der Waals surface area (Å²) in [5.41, 5.74) is 1.36. The van der Waals surface area contributed by atoms with E-state index in [9.17, 15) is 18.0 Å². The molecule has 3 aromatic rings. The smallest absolute Gasteiger partial charge is 0.262 e. The molecule has 0 aliphatic carbocycles. The first-order valence-electron chi connectivity index (χ1n) is 8.82. The predicted octanol–water partition coefficient (Wildman–Crippen LogP) is 3.13. The van der Waals surface area contributed by atoms with Gasteiger partial charge in [0.05, 0.1) is 9.77 Å². The molecule has 8 heteroatoms. The van der Waals surface area contributed by atoms with Crippen molar-refractivity contribution in [1.29, 1.82) is 0 Å². The molecule has 2 amide bonds. The van der Waals surface area contributed by atoms with Crippen LogP contribution in [0.3, 0.4) is 0 Å². The summed E-state index contributed by atoms with van der Waals surface area (Å²) in [6.45, 7) is 0. The van der Waals surface area contributed by atoms with Crippen LogP contribution in [0.2, 0.25) is 0 Å². The molecule has 1 aromatic heterocycles. The number of amides is 2. The maximum absolute atomic E-state index is 12.9. The van der Waals surface area contributed by atoms with Gasteiger partial charge in [0.15, 0.2) is 9.84 Å². The highest BCUT2D eigenvalue weighted by Gasteiger charge is 2.22. The van der Waals surface area contributed by atoms with Crippen LogP contribution in [0.25, 0.3) is 0 Å². The van der Waals surface area contributed by atoms with Crippen LogP contribution in [0, 0.1) is 0 Å². The van der Waals surface area contributed by atoms with Crippen molar-refractivity contribution in [3.05, 3.63) is 82.6 Å². The van der Waals surface area contributed by atoms with E-state index < -0.39 is 15.9 Å². The first kappa shape index (κ1) is 20.8. The van der Waals surface area contributed by atoms with E-state index in [2.05, 4.69) is 10.6 Å². The summed E-state index contributed by atoms with van der Waals surface area (Å²) in [7, 11) is -3.31. The zero-order valence-corrected chi connectivity index (χ0v) is 17.3. The first-order chi connectivity index (χ1) is 13.8. The third kappa shape index (κ3) is 5.75. The van der Waals surface area contributed by atoms with Gasteiger partial charge in [0, 0.05) is 18.4 Å². The number of hydrogen-bond donors (Lipinski definition) is 2. The molecule has 0 saturated heterocycles. The Labute approximate surface area is 173 Å². The van der Waals surface area contributed by atoms with E-state index in [0.29, 0.717) is 17.0 Å². The van der Waals surface area contributed by atoms with Gasteiger partial charge in [-0.15, -0.1) is 11.3 Å². The van der Waals surface area contributed by atoms with Gasteiger partial charge < -0.3 is 10.6 Å². The van der Waals surface area contributed by atoms with Crippen molar-refractivity contribution in [2.24, 2.45) is 0 Å². The fourth-order valence-electron chi connectivity index (χ4n) is 2.71. The van der Waals surface area contributed by atoms with Crippen molar-refractivity contribution in [1.82, 2.24) is 5.32 Å². The van der Waals surface area contributed by atoms with Gasteiger partial charge in [0.2, 0.25) is 5.91 Å². The molecule has 6 nitrogen and oxygen atoms in total. The molecule has 0 radical (unpaired) electrons. The minimum atomic E-state index is -3.31. The summed E-state index contributed by atoms with van der Waals surface area (Å²) < 4.78 is 23.2. The van der Waals surface area contributed by atoms with Gasteiger partial charge in [-0.05, 0) is 41.3 Å². The Kier molecular flexibility index (Phi) is 6.46. The number of rotatable bonds is 7. The van der Waals surface area contributed by atoms with Crippen molar-refractivity contribution < 1.29 is 18.0 Å². The Morgan fingerprint density at radius 1 is 0.966 bits per heavy atom. The van der Waals surface area contributed by atoms with Crippen molar-refractivity contribution >= 4 is 38.7 Å². The molecule has 1 atom stereocenters. The lowest BCUT2D eigenvalue weighted by Crippen LogP contribution is -2.45. The van der Waals surface area contributed by atoms with Gasteiger partial charge in [-0.3, -0.25) is 9.59 Å². The molecule has 1 unspecified atom stereocenters. The van der Waals surface area contributed by atoms with Crippen LogP contribution in [-0.4, -0.2) is 32.5 Å². The standard InChI is InChI=1S/C21H20N2O4S2/c1-29(26,27)17-11-9-16(10-12-17)22-20(24)18(14-15-6-3-2-4-7-15)23-21(25)19-8-5-13-28-19/h2-13,18H,14H2,1H3,(H,22,24)(H,23,25). The summed E-state index contributed by atoms with van der Waals surface area (Å²) in [5, 5.41) is 7.33. The average molecular weight is 429 g/mol. The molecule has 0 aliphatic rings. The van der Waals surface area contributed by atoms with Gasteiger partial charge in [-0.25, -0.2) is 8.42 Å². The summed E-state index contributed by atoms with van der Waals surface area (Å²) in [6.07, 6.45) is 1.45. The van der Waals surface area contributed by atoms with Crippen LogP contribution in [0.15, 0.2) is 77.0 Å². The second-order valence-electron chi connectivity index (χ2n) is 6.48. The molecular formula is C21H20N2O4S2. The number of sulfone groups is 1. The molecule has 29 heavy (non-hydrogen) atoms. The number of nitrogens with one attached hydrogen (secondary N) is 2. The quantitative estimate of drug-likeness (QED) is 0.605. The van der Waals surface area contributed by atoms with E-state index in [-0.39, 0.29) is 16.7 Å². The van der Waals surface area contributed by atoms with Gasteiger partial charge in [0.1, 0.15) is 6.04 Å². The predicted molar refractivity (Wildman–Crippen MR) is 114 cm³/mol. The highest BCUT2D eigenvalue weighted by molar-refractivity contribution is 7.90. The summed E-state index contributed by atoms with van der Waals surface area (Å²) in [5.74, 6) is -0.700. The Bertz CT molecular complexity index is 1080. The lowest BCUT2D eigenvalue weighted by molar-refractivity contribution is -0.118. The maximum Gasteiger partial charge on any atom is 0.262 e. The molecule has 0 spiro atoms. The largest absolute Gasteiger partial charge is 0.339 e. The van der Waals surface area contributed by atoms with Crippen molar-refractivity contribution in [2.45, 2.75) is 17.4 Å². The molecule has 2 aromatic carbocycles. The molecule has 1 heterocycles. The van der Waals surface area contributed by atoms with Gasteiger partial charge in [-0.1, -0.05) is 36.4 Å². The van der Waals surface area contributed by atoms with E-state index >= 15 is 0 Å². The van der Waals surface area contributed by atoms with Gasteiger partial charge >= 0.3 is 0 Å². The number of benzene rings is 2. The average Bonchev–Trinajstić information content (AvgIpc) is 3.23. The minimum Gasteiger partial charge on any atom is -0.339 e. The van der Waals surface area contributed by atoms with Crippen molar-refractivity contribution in [3.8, 4) is 0 Å². The molecule has 0 saturated carbocycles. The SMILES string of the molecule is CS(=O)(=O)c1ccc(NC(=O)C(Cc2ccccc2)NC(=O)c2cccs2)cc1. The molecular weight excluding hydrogens is 408 g/mol. The number of carbonyl (C=O) groups excluding carboxylic acids is 2. The monoisotopic (exact) mass is 428 g/mol. The fourth-order valence-corrected chi connectivity index (χ4v) is 3.97. The lowest BCUT2D eigenvalue weighted by atomic mass is 10.0. The lowest BCUT2D eigenvalue weighted by Gasteiger charge is -2.18. The number of thiophene rings is 1. The van der Waals surface area contributed by atoms with Gasteiger partial charge in [-0.2, -0.15) is 0 Å². The van der Waals surface area contributed by atoms with Crippen LogP contribution in [0.1, 0.15) is 15.2 Å². The third-order valence-electron chi connectivity index (χ3n) is 4.20. The minimum absolute atomic E-state index is 0.169. The zero-order valence-electron chi connectivity index (χ0n) is 15.7. The Morgan fingerprint density at radius 2 is 1.66 bits per heavy atom. The topological polar surface area (TPSA) is 92.3 Å². The Morgan fingerprint density at radius 3 is 2.24 bits per heavy atom. The molecule has 3 rings (SSSR count). The van der Waals surface area contributed by atoms with E-state index in [1.54, 1.807) is 17.5 Å². The molecule has 2 N–H and O–H groups in total. The van der Waals surface area contributed by atoms with E-state index in [1.165, 1.54) is 35.6 Å². The summed E-state index contributed by atoms with van der Waals surface area (Å²) >= 11 is 1.30.